The fraction of sp³-hybridized carbons (Fsp3) is 0. The zero-order valence-corrected chi connectivity index (χ0v) is 8.42. The number of pyridine rings is 1. The molecule has 2 rings (SSSR count). The van der Waals surface area contributed by atoms with E-state index in [2.05, 4.69) is 4.98 Å². The second kappa shape index (κ2) is 4.02. The lowest BCUT2D eigenvalue weighted by Gasteiger charge is -2.00. The molecule has 0 atom stereocenters. The molecule has 0 aliphatic rings. The fourth-order valence-corrected chi connectivity index (χ4v) is 1.45. The molecule has 0 amide bonds. The van der Waals surface area contributed by atoms with E-state index in [0.29, 0.717) is 5.82 Å². The maximum atomic E-state index is 10.4. The van der Waals surface area contributed by atoms with Gasteiger partial charge in [0.25, 0.3) is 0 Å². The van der Waals surface area contributed by atoms with E-state index in [4.69, 9.17) is 10.8 Å². The third-order valence-corrected chi connectivity index (χ3v) is 2.19. The van der Waals surface area contributed by atoms with Crippen molar-refractivity contribution in [3.63, 3.8) is 0 Å². The lowest BCUT2D eigenvalue weighted by molar-refractivity contribution is -0.131. The quantitative estimate of drug-likeness (QED) is 0.749. The number of aliphatic carboxylic acids is 1. The van der Waals surface area contributed by atoms with Crippen molar-refractivity contribution in [1.82, 2.24) is 4.98 Å². The van der Waals surface area contributed by atoms with Crippen LogP contribution in [0, 0.1) is 0 Å². The van der Waals surface area contributed by atoms with E-state index in [-0.39, 0.29) is 0 Å². The van der Waals surface area contributed by atoms with Gasteiger partial charge in [-0.25, -0.2) is 9.78 Å². The predicted octanol–water partition coefficient (Wildman–Crippen LogP) is 1.91. The van der Waals surface area contributed by atoms with Gasteiger partial charge in [0.15, 0.2) is 0 Å². The minimum absolute atomic E-state index is 0.473. The van der Waals surface area contributed by atoms with Gasteiger partial charge in [-0.1, -0.05) is 12.1 Å². The van der Waals surface area contributed by atoms with Crippen LogP contribution < -0.4 is 5.73 Å². The summed E-state index contributed by atoms with van der Waals surface area (Å²) in [4.78, 5) is 14.3. The summed E-state index contributed by atoms with van der Waals surface area (Å²) in [5, 5.41) is 10.4. The van der Waals surface area contributed by atoms with Crippen LogP contribution in [-0.2, 0) is 4.79 Å². The number of hydrogen-bond donors (Lipinski definition) is 2. The number of nitrogens with two attached hydrogens (primary N) is 1. The summed E-state index contributed by atoms with van der Waals surface area (Å²) in [5.41, 5.74) is 6.38. The van der Waals surface area contributed by atoms with E-state index in [9.17, 15) is 4.79 Å². The van der Waals surface area contributed by atoms with Gasteiger partial charge in [-0.05, 0) is 29.2 Å². The van der Waals surface area contributed by atoms with Crippen LogP contribution in [0.1, 0.15) is 5.56 Å². The zero-order chi connectivity index (χ0) is 11.5. The van der Waals surface area contributed by atoms with Crippen molar-refractivity contribution in [3.8, 4) is 0 Å². The second-order valence-corrected chi connectivity index (χ2v) is 3.39. The Morgan fingerprint density at radius 2 is 2.12 bits per heavy atom. The van der Waals surface area contributed by atoms with Gasteiger partial charge in [-0.3, -0.25) is 0 Å². The Kier molecular flexibility index (Phi) is 2.55. The molecule has 80 valence electrons. The van der Waals surface area contributed by atoms with E-state index in [1.807, 2.05) is 18.2 Å². The minimum Gasteiger partial charge on any atom is -0.478 e. The topological polar surface area (TPSA) is 76.2 Å². The number of rotatable bonds is 2. The van der Waals surface area contributed by atoms with Crippen molar-refractivity contribution in [2.24, 2.45) is 0 Å². The van der Waals surface area contributed by atoms with Gasteiger partial charge in [-0.2, -0.15) is 0 Å². The highest BCUT2D eigenvalue weighted by Gasteiger charge is 1.96. The molecular weight excluding hydrogens is 204 g/mol. The molecule has 0 saturated heterocycles. The molecular formula is C12H10N2O2. The summed E-state index contributed by atoms with van der Waals surface area (Å²) in [6.45, 7) is 0. The van der Waals surface area contributed by atoms with Gasteiger partial charge in [0, 0.05) is 17.7 Å². The first-order chi connectivity index (χ1) is 7.65. The number of fused-ring (bicyclic) bond motifs is 1. The van der Waals surface area contributed by atoms with Crippen molar-refractivity contribution in [1.29, 1.82) is 0 Å². The molecule has 1 aromatic carbocycles. The Labute approximate surface area is 92.0 Å². The third-order valence-electron chi connectivity index (χ3n) is 2.19. The molecule has 4 heteroatoms. The first-order valence-corrected chi connectivity index (χ1v) is 4.71. The van der Waals surface area contributed by atoms with E-state index in [0.717, 1.165) is 22.4 Å². The molecule has 1 heterocycles. The molecule has 0 unspecified atom stereocenters. The van der Waals surface area contributed by atoms with Crippen molar-refractivity contribution < 1.29 is 9.90 Å². The minimum atomic E-state index is -0.962. The Morgan fingerprint density at radius 3 is 2.88 bits per heavy atom. The molecule has 1 aromatic heterocycles. The monoisotopic (exact) mass is 214 g/mol. The highest BCUT2D eigenvalue weighted by atomic mass is 16.4. The van der Waals surface area contributed by atoms with Gasteiger partial charge in [0.05, 0.1) is 0 Å². The highest BCUT2D eigenvalue weighted by molar-refractivity contribution is 5.89. The predicted molar refractivity (Wildman–Crippen MR) is 62.8 cm³/mol. The van der Waals surface area contributed by atoms with Gasteiger partial charge in [-0.15, -0.1) is 0 Å². The number of hydrogen-bond acceptors (Lipinski definition) is 3. The smallest absolute Gasteiger partial charge is 0.328 e. The Balaban J connectivity index is 2.44. The van der Waals surface area contributed by atoms with Crippen LogP contribution in [0.15, 0.2) is 36.5 Å². The van der Waals surface area contributed by atoms with Crippen molar-refractivity contribution >= 4 is 28.6 Å². The zero-order valence-electron chi connectivity index (χ0n) is 8.42. The molecule has 4 nitrogen and oxygen atoms in total. The molecule has 0 fully saturated rings. The van der Waals surface area contributed by atoms with Gasteiger partial charge >= 0.3 is 5.97 Å². The van der Waals surface area contributed by atoms with E-state index in [1.54, 1.807) is 12.3 Å². The van der Waals surface area contributed by atoms with E-state index in [1.165, 1.54) is 6.08 Å². The average Bonchev–Trinajstić information content (AvgIpc) is 2.26. The largest absolute Gasteiger partial charge is 0.478 e. The summed E-state index contributed by atoms with van der Waals surface area (Å²) in [6.07, 6.45) is 4.31. The number of nitrogen functional groups attached to an aromatic ring is 1. The number of carbonyl (C=O) groups is 1. The fourth-order valence-electron chi connectivity index (χ4n) is 1.45. The van der Waals surface area contributed by atoms with Gasteiger partial charge in [0.2, 0.25) is 0 Å². The van der Waals surface area contributed by atoms with Gasteiger partial charge in [0.1, 0.15) is 5.82 Å². The summed E-state index contributed by atoms with van der Waals surface area (Å²) in [6, 6.07) is 7.36. The molecule has 0 radical (unpaired) electrons. The van der Waals surface area contributed by atoms with Crippen molar-refractivity contribution in [2.45, 2.75) is 0 Å². The molecule has 0 saturated carbocycles. The summed E-state index contributed by atoms with van der Waals surface area (Å²) in [5.74, 6) is -0.489. The second-order valence-electron chi connectivity index (χ2n) is 3.39. The Hall–Kier alpha value is -2.36. The normalized spacial score (nSPS) is 11.0. The van der Waals surface area contributed by atoms with Crippen LogP contribution in [0.3, 0.4) is 0 Å². The van der Waals surface area contributed by atoms with Crippen LogP contribution in [0.2, 0.25) is 0 Å². The van der Waals surface area contributed by atoms with Crippen LogP contribution >= 0.6 is 0 Å². The Bertz CT molecular complexity index is 576. The molecule has 3 N–H and O–H groups in total. The SMILES string of the molecule is Nc1cc2ccc(/C=C/C(=O)O)cc2cn1. The number of benzene rings is 1. The van der Waals surface area contributed by atoms with Gasteiger partial charge < -0.3 is 10.8 Å². The molecule has 0 spiro atoms. The summed E-state index contributed by atoms with van der Waals surface area (Å²) in [7, 11) is 0. The van der Waals surface area contributed by atoms with Crippen LogP contribution in [-0.4, -0.2) is 16.1 Å². The van der Waals surface area contributed by atoms with Crippen molar-refractivity contribution in [2.75, 3.05) is 5.73 Å². The molecule has 16 heavy (non-hydrogen) atoms. The number of nitrogens with zero attached hydrogens (tertiary/aromatic N) is 1. The molecule has 0 bridgehead atoms. The van der Waals surface area contributed by atoms with E-state index >= 15 is 0 Å². The summed E-state index contributed by atoms with van der Waals surface area (Å²) >= 11 is 0. The number of anilines is 1. The first-order valence-electron chi connectivity index (χ1n) is 4.71. The van der Waals surface area contributed by atoms with E-state index < -0.39 is 5.97 Å². The number of carboxylic acids is 1. The number of carboxylic acid groups (broad SMARTS) is 1. The molecule has 0 aliphatic carbocycles. The van der Waals surface area contributed by atoms with Crippen molar-refractivity contribution in [3.05, 3.63) is 42.1 Å². The highest BCUT2D eigenvalue weighted by Crippen LogP contribution is 2.17. The average molecular weight is 214 g/mol. The maximum absolute atomic E-state index is 10.4. The lowest BCUT2D eigenvalue weighted by atomic mass is 10.1. The summed E-state index contributed by atoms with van der Waals surface area (Å²) < 4.78 is 0. The third kappa shape index (κ3) is 2.17. The molecule has 0 aliphatic heterocycles. The maximum Gasteiger partial charge on any atom is 0.328 e. The number of aromatic nitrogens is 1. The lowest BCUT2D eigenvalue weighted by Crippen LogP contribution is -1.89. The molecule has 2 aromatic rings. The standard InChI is InChI=1S/C12H10N2O2/c13-11-6-9-3-1-8(2-4-12(15)16)5-10(9)7-14-11/h1-7H,(H2,13,14)(H,15,16)/b4-2+. The van der Waals surface area contributed by atoms with Crippen LogP contribution in [0.5, 0.6) is 0 Å². The van der Waals surface area contributed by atoms with Crippen LogP contribution in [0.4, 0.5) is 5.82 Å². The Morgan fingerprint density at radius 1 is 1.31 bits per heavy atom. The van der Waals surface area contributed by atoms with Crippen LogP contribution in [0.25, 0.3) is 16.8 Å². The first kappa shape index (κ1) is 10.2.